The zero-order valence-corrected chi connectivity index (χ0v) is 16.3. The van der Waals surface area contributed by atoms with Crippen LogP contribution in [0.4, 0.5) is 0 Å². The molecule has 0 aliphatic carbocycles. The summed E-state index contributed by atoms with van der Waals surface area (Å²) >= 11 is 11.7. The predicted octanol–water partition coefficient (Wildman–Crippen LogP) is 2.49. The third-order valence-corrected chi connectivity index (χ3v) is 3.90. The summed E-state index contributed by atoms with van der Waals surface area (Å²) in [5.41, 5.74) is -0.0718. The van der Waals surface area contributed by atoms with Crippen LogP contribution in [-0.2, 0) is 9.59 Å². The molecule has 0 radical (unpaired) electrons. The lowest BCUT2D eigenvalue weighted by molar-refractivity contribution is -0.135. The van der Waals surface area contributed by atoms with E-state index >= 15 is 0 Å². The Bertz CT molecular complexity index is 657. The monoisotopic (exact) mass is 387 g/mol. The lowest BCUT2D eigenvalue weighted by atomic mass is 10.1. The van der Waals surface area contributed by atoms with Crippen LogP contribution in [0.25, 0.3) is 0 Å². The first-order chi connectivity index (χ1) is 11.5. The van der Waals surface area contributed by atoms with E-state index in [1.807, 2.05) is 20.8 Å². The van der Waals surface area contributed by atoms with Crippen molar-refractivity contribution in [3.8, 4) is 0 Å². The Labute approximate surface area is 157 Å². The van der Waals surface area contributed by atoms with Gasteiger partial charge in [-0.3, -0.25) is 14.4 Å². The molecule has 8 heteroatoms. The third-order valence-electron chi connectivity index (χ3n) is 3.17. The van der Waals surface area contributed by atoms with Crippen molar-refractivity contribution in [2.75, 3.05) is 19.6 Å². The zero-order valence-electron chi connectivity index (χ0n) is 14.8. The van der Waals surface area contributed by atoms with E-state index in [0.29, 0.717) is 17.1 Å². The molecule has 1 aromatic carbocycles. The number of carbonyl (C=O) groups is 3. The average Bonchev–Trinajstić information content (AvgIpc) is 2.50. The Morgan fingerprint density at radius 2 is 1.76 bits per heavy atom. The molecule has 2 N–H and O–H groups in total. The number of benzene rings is 1. The molecule has 1 rings (SSSR count). The summed E-state index contributed by atoms with van der Waals surface area (Å²) < 4.78 is 0. The topological polar surface area (TPSA) is 78.5 Å². The number of likely N-dealkylation sites (N-methyl/N-ethyl adjacent to an activating group) is 1. The SMILES string of the molecule is CCN(CC(=O)NC(C)(C)C)C(=O)CNC(=O)c1ccc(Cl)c(Cl)c1. The van der Waals surface area contributed by atoms with Crippen molar-refractivity contribution in [2.45, 2.75) is 33.2 Å². The average molecular weight is 388 g/mol. The number of rotatable bonds is 6. The van der Waals surface area contributed by atoms with Gasteiger partial charge in [0.1, 0.15) is 0 Å². The van der Waals surface area contributed by atoms with Crippen molar-refractivity contribution in [3.63, 3.8) is 0 Å². The van der Waals surface area contributed by atoms with Gasteiger partial charge < -0.3 is 15.5 Å². The highest BCUT2D eigenvalue weighted by atomic mass is 35.5. The van der Waals surface area contributed by atoms with Crippen LogP contribution >= 0.6 is 23.2 Å². The van der Waals surface area contributed by atoms with E-state index in [4.69, 9.17) is 23.2 Å². The highest BCUT2D eigenvalue weighted by Gasteiger charge is 2.20. The van der Waals surface area contributed by atoms with E-state index in [2.05, 4.69) is 10.6 Å². The van der Waals surface area contributed by atoms with Gasteiger partial charge in [-0.2, -0.15) is 0 Å². The predicted molar refractivity (Wildman–Crippen MR) is 98.9 cm³/mol. The number of carbonyl (C=O) groups excluding carboxylic acids is 3. The normalized spacial score (nSPS) is 11.0. The number of hydrogen-bond donors (Lipinski definition) is 2. The second-order valence-corrected chi connectivity index (χ2v) is 7.33. The minimum Gasteiger partial charge on any atom is -0.350 e. The number of halogens is 2. The molecular weight excluding hydrogens is 365 g/mol. The quantitative estimate of drug-likeness (QED) is 0.786. The molecule has 0 spiro atoms. The fourth-order valence-electron chi connectivity index (χ4n) is 2.01. The molecule has 138 valence electrons. The van der Waals surface area contributed by atoms with Crippen molar-refractivity contribution in [1.82, 2.24) is 15.5 Å². The number of hydrogen-bond acceptors (Lipinski definition) is 3. The van der Waals surface area contributed by atoms with Crippen LogP contribution in [0.5, 0.6) is 0 Å². The van der Waals surface area contributed by atoms with Gasteiger partial charge in [0.25, 0.3) is 5.91 Å². The molecule has 0 saturated carbocycles. The van der Waals surface area contributed by atoms with Crippen molar-refractivity contribution >= 4 is 40.9 Å². The van der Waals surface area contributed by atoms with Crippen LogP contribution in [0.15, 0.2) is 18.2 Å². The lowest BCUT2D eigenvalue weighted by Crippen LogP contribution is -2.49. The highest BCUT2D eigenvalue weighted by molar-refractivity contribution is 6.42. The van der Waals surface area contributed by atoms with Crippen LogP contribution in [0, 0.1) is 0 Å². The van der Waals surface area contributed by atoms with Gasteiger partial charge in [-0.25, -0.2) is 0 Å². The molecular formula is C17H23Cl2N3O3. The summed E-state index contributed by atoms with van der Waals surface area (Å²) in [6.07, 6.45) is 0. The zero-order chi connectivity index (χ0) is 19.2. The Kier molecular flexibility index (Phi) is 7.70. The number of amides is 3. The molecule has 25 heavy (non-hydrogen) atoms. The minimum absolute atomic E-state index is 0.0603. The molecule has 0 bridgehead atoms. The molecule has 0 aliphatic heterocycles. The first kappa shape index (κ1) is 21.3. The molecule has 0 saturated heterocycles. The Morgan fingerprint density at radius 1 is 1.12 bits per heavy atom. The lowest BCUT2D eigenvalue weighted by Gasteiger charge is -2.25. The number of nitrogens with zero attached hydrogens (tertiary/aromatic N) is 1. The second kappa shape index (κ2) is 9.06. The molecule has 0 aromatic heterocycles. The van der Waals surface area contributed by atoms with Crippen LogP contribution in [-0.4, -0.2) is 47.8 Å². The van der Waals surface area contributed by atoms with Gasteiger partial charge in [0.15, 0.2) is 0 Å². The first-order valence-corrected chi connectivity index (χ1v) is 8.61. The molecule has 0 unspecified atom stereocenters. The standard InChI is InChI=1S/C17H23Cl2N3O3/c1-5-22(10-14(23)21-17(2,3)4)15(24)9-20-16(25)11-6-7-12(18)13(19)8-11/h6-8H,5,9-10H2,1-4H3,(H,20,25)(H,21,23). The molecule has 0 atom stereocenters. The first-order valence-electron chi connectivity index (χ1n) is 7.85. The summed E-state index contributed by atoms with van der Waals surface area (Å²) in [4.78, 5) is 37.6. The number of nitrogens with one attached hydrogen (secondary N) is 2. The van der Waals surface area contributed by atoms with Gasteiger partial charge in [0.05, 0.1) is 23.1 Å². The smallest absolute Gasteiger partial charge is 0.251 e. The van der Waals surface area contributed by atoms with Gasteiger partial charge in [0, 0.05) is 17.6 Å². The van der Waals surface area contributed by atoms with Crippen molar-refractivity contribution in [2.24, 2.45) is 0 Å². The molecule has 0 aliphatic rings. The Morgan fingerprint density at radius 3 is 2.28 bits per heavy atom. The molecule has 6 nitrogen and oxygen atoms in total. The van der Waals surface area contributed by atoms with E-state index in [-0.39, 0.29) is 35.5 Å². The van der Waals surface area contributed by atoms with Gasteiger partial charge >= 0.3 is 0 Å². The van der Waals surface area contributed by atoms with Crippen LogP contribution in [0.2, 0.25) is 10.0 Å². The largest absolute Gasteiger partial charge is 0.350 e. The fourth-order valence-corrected chi connectivity index (χ4v) is 2.31. The van der Waals surface area contributed by atoms with E-state index in [1.165, 1.54) is 23.1 Å². The van der Waals surface area contributed by atoms with Crippen LogP contribution in [0.1, 0.15) is 38.1 Å². The summed E-state index contributed by atoms with van der Waals surface area (Å²) in [5, 5.41) is 5.91. The van der Waals surface area contributed by atoms with Gasteiger partial charge in [-0.15, -0.1) is 0 Å². The third kappa shape index (κ3) is 7.32. The highest BCUT2D eigenvalue weighted by Crippen LogP contribution is 2.22. The second-order valence-electron chi connectivity index (χ2n) is 6.52. The van der Waals surface area contributed by atoms with Crippen molar-refractivity contribution in [1.29, 1.82) is 0 Å². The maximum atomic E-state index is 12.2. The Hall–Kier alpha value is -1.79. The minimum atomic E-state index is -0.442. The summed E-state index contributed by atoms with van der Waals surface area (Å²) in [5.74, 6) is -1.04. The Balaban J connectivity index is 2.59. The van der Waals surface area contributed by atoms with E-state index < -0.39 is 5.91 Å². The molecule has 1 aromatic rings. The van der Waals surface area contributed by atoms with E-state index in [1.54, 1.807) is 6.92 Å². The summed E-state index contributed by atoms with van der Waals surface area (Å²) in [6, 6.07) is 4.45. The van der Waals surface area contributed by atoms with Gasteiger partial charge in [-0.05, 0) is 45.9 Å². The van der Waals surface area contributed by atoms with E-state index in [0.717, 1.165) is 0 Å². The molecule has 3 amide bonds. The van der Waals surface area contributed by atoms with Crippen molar-refractivity contribution in [3.05, 3.63) is 33.8 Å². The van der Waals surface area contributed by atoms with Crippen molar-refractivity contribution < 1.29 is 14.4 Å². The van der Waals surface area contributed by atoms with Gasteiger partial charge in [0.2, 0.25) is 11.8 Å². The maximum Gasteiger partial charge on any atom is 0.251 e. The molecule has 0 heterocycles. The van der Waals surface area contributed by atoms with Crippen LogP contribution in [0.3, 0.4) is 0 Å². The molecule has 0 fully saturated rings. The van der Waals surface area contributed by atoms with E-state index in [9.17, 15) is 14.4 Å². The summed E-state index contributed by atoms with van der Waals surface area (Å²) in [6.45, 7) is 7.44. The van der Waals surface area contributed by atoms with Gasteiger partial charge in [-0.1, -0.05) is 23.2 Å². The summed E-state index contributed by atoms with van der Waals surface area (Å²) in [7, 11) is 0. The van der Waals surface area contributed by atoms with Crippen LogP contribution < -0.4 is 10.6 Å². The maximum absolute atomic E-state index is 12.2. The fraction of sp³-hybridized carbons (Fsp3) is 0.471.